The highest BCUT2D eigenvalue weighted by Gasteiger charge is 2.48. The Morgan fingerprint density at radius 1 is 1.20 bits per heavy atom. The van der Waals surface area contributed by atoms with Crippen molar-refractivity contribution in [2.45, 2.75) is 6.42 Å². The highest BCUT2D eigenvalue weighted by Crippen LogP contribution is 2.39. The highest BCUT2D eigenvalue weighted by molar-refractivity contribution is 7.92. The summed E-state index contributed by atoms with van der Waals surface area (Å²) in [5.41, 5.74) is 0.551. The quantitative estimate of drug-likeness (QED) is 0.741. The molecule has 8 heteroatoms. The molecule has 1 aliphatic carbocycles. The zero-order valence-electron chi connectivity index (χ0n) is 10.7. The summed E-state index contributed by atoms with van der Waals surface area (Å²) >= 11 is 0. The summed E-state index contributed by atoms with van der Waals surface area (Å²) in [5.74, 6) is -2.61. The number of para-hydroxylation sites is 2. The fourth-order valence-corrected chi connectivity index (χ4v) is 2.44. The first-order valence-corrected chi connectivity index (χ1v) is 7.77. The van der Waals surface area contributed by atoms with Gasteiger partial charge in [-0.1, -0.05) is 12.1 Å². The maximum atomic E-state index is 11.9. The van der Waals surface area contributed by atoms with E-state index >= 15 is 0 Å². The molecule has 0 heterocycles. The average molecular weight is 298 g/mol. The molecule has 7 nitrogen and oxygen atoms in total. The van der Waals surface area contributed by atoms with E-state index in [9.17, 15) is 18.0 Å². The molecule has 0 radical (unpaired) electrons. The molecular formula is C12H14N2O5S. The number of anilines is 2. The molecule has 0 aliphatic heterocycles. The van der Waals surface area contributed by atoms with Gasteiger partial charge >= 0.3 is 5.97 Å². The monoisotopic (exact) mass is 298 g/mol. The predicted octanol–water partition coefficient (Wildman–Crippen LogP) is 0.717. The Hall–Kier alpha value is -2.09. The van der Waals surface area contributed by atoms with Crippen LogP contribution >= 0.6 is 0 Å². The van der Waals surface area contributed by atoms with Gasteiger partial charge in [0.15, 0.2) is 0 Å². The fourth-order valence-electron chi connectivity index (χ4n) is 1.86. The van der Waals surface area contributed by atoms with Gasteiger partial charge in [-0.3, -0.25) is 14.3 Å². The zero-order chi connectivity index (χ0) is 14.9. The molecule has 108 valence electrons. The maximum absolute atomic E-state index is 11.9. The molecule has 0 bridgehead atoms. The number of aliphatic carboxylic acids is 1. The summed E-state index contributed by atoms with van der Waals surface area (Å²) < 4.78 is 24.7. The van der Waals surface area contributed by atoms with Crippen molar-refractivity contribution in [1.29, 1.82) is 0 Å². The largest absolute Gasteiger partial charge is 0.481 e. The molecule has 0 saturated heterocycles. The molecule has 1 aliphatic rings. The number of hydrogen-bond donors (Lipinski definition) is 3. The topological polar surface area (TPSA) is 113 Å². The van der Waals surface area contributed by atoms with Crippen molar-refractivity contribution in [1.82, 2.24) is 0 Å². The van der Waals surface area contributed by atoms with Crippen molar-refractivity contribution in [2.75, 3.05) is 16.3 Å². The van der Waals surface area contributed by atoms with Gasteiger partial charge in [0, 0.05) is 0 Å². The number of carbonyl (C=O) groups excluding carboxylic acids is 1. The first-order chi connectivity index (χ1) is 9.28. The van der Waals surface area contributed by atoms with Gasteiger partial charge in [-0.15, -0.1) is 0 Å². The van der Waals surface area contributed by atoms with Crippen LogP contribution < -0.4 is 10.0 Å². The van der Waals surface area contributed by atoms with Crippen LogP contribution in [0.25, 0.3) is 0 Å². The Morgan fingerprint density at radius 2 is 1.80 bits per heavy atom. The van der Waals surface area contributed by atoms with Gasteiger partial charge in [0.05, 0.1) is 29.5 Å². The number of sulfonamides is 1. The number of benzene rings is 1. The molecule has 1 amide bonds. The van der Waals surface area contributed by atoms with Crippen molar-refractivity contribution in [3.05, 3.63) is 24.3 Å². The van der Waals surface area contributed by atoms with Crippen LogP contribution in [0, 0.1) is 11.8 Å². The second-order valence-electron chi connectivity index (χ2n) is 4.70. The third kappa shape index (κ3) is 3.47. The normalized spacial score (nSPS) is 21.1. The standard InChI is InChI=1S/C12H14N2O5S/c1-20(18,19)14-10-5-3-2-4-9(10)13-11(15)7-6-8(7)12(16)17/h2-5,7-8,14H,6H2,1H3,(H,13,15)(H,16,17). The average Bonchev–Trinajstić information content (AvgIpc) is 3.09. The summed E-state index contributed by atoms with van der Waals surface area (Å²) in [6.45, 7) is 0. The van der Waals surface area contributed by atoms with Crippen LogP contribution in [0.5, 0.6) is 0 Å². The van der Waals surface area contributed by atoms with E-state index in [1.54, 1.807) is 18.2 Å². The van der Waals surface area contributed by atoms with Crippen molar-refractivity contribution in [3.63, 3.8) is 0 Å². The smallest absolute Gasteiger partial charge is 0.307 e. The molecule has 0 aromatic heterocycles. The molecular weight excluding hydrogens is 284 g/mol. The Labute approximate surface area is 116 Å². The van der Waals surface area contributed by atoms with Crippen LogP contribution in [-0.2, 0) is 19.6 Å². The minimum absolute atomic E-state index is 0.246. The van der Waals surface area contributed by atoms with E-state index in [0.717, 1.165) is 6.26 Å². The van der Waals surface area contributed by atoms with E-state index in [-0.39, 0.29) is 5.69 Å². The van der Waals surface area contributed by atoms with Crippen molar-refractivity contribution < 1.29 is 23.1 Å². The number of carboxylic acids is 1. The van der Waals surface area contributed by atoms with E-state index in [1.807, 2.05) is 0 Å². The molecule has 1 aromatic rings. The molecule has 0 spiro atoms. The van der Waals surface area contributed by atoms with Crippen LogP contribution in [0.15, 0.2) is 24.3 Å². The first kappa shape index (κ1) is 14.3. The Kier molecular flexibility index (Phi) is 3.67. The molecule has 1 fully saturated rings. The van der Waals surface area contributed by atoms with Gasteiger partial charge in [-0.2, -0.15) is 0 Å². The van der Waals surface area contributed by atoms with Crippen LogP contribution in [0.4, 0.5) is 11.4 Å². The fraction of sp³-hybridized carbons (Fsp3) is 0.333. The molecule has 1 aromatic carbocycles. The van der Waals surface area contributed by atoms with Crippen LogP contribution in [0.2, 0.25) is 0 Å². The Bertz CT molecular complexity index is 656. The third-order valence-electron chi connectivity index (χ3n) is 2.92. The lowest BCUT2D eigenvalue weighted by Gasteiger charge is -2.11. The number of carboxylic acid groups (broad SMARTS) is 1. The third-order valence-corrected chi connectivity index (χ3v) is 3.52. The van der Waals surface area contributed by atoms with Gasteiger partial charge in [-0.25, -0.2) is 8.42 Å². The molecule has 2 rings (SSSR count). The Balaban J connectivity index is 2.10. The summed E-state index contributed by atoms with van der Waals surface area (Å²) in [6, 6.07) is 6.33. The Morgan fingerprint density at radius 3 is 2.30 bits per heavy atom. The summed E-state index contributed by atoms with van der Waals surface area (Å²) in [6.07, 6.45) is 1.32. The van der Waals surface area contributed by atoms with Crippen LogP contribution in [-0.4, -0.2) is 31.7 Å². The van der Waals surface area contributed by atoms with E-state index in [4.69, 9.17) is 5.11 Å². The van der Waals surface area contributed by atoms with Gasteiger partial charge in [0.25, 0.3) is 0 Å². The van der Waals surface area contributed by atoms with Gasteiger partial charge in [0.2, 0.25) is 15.9 Å². The van der Waals surface area contributed by atoms with E-state index in [0.29, 0.717) is 12.1 Å². The molecule has 2 atom stereocenters. The second kappa shape index (κ2) is 5.12. The first-order valence-electron chi connectivity index (χ1n) is 5.88. The lowest BCUT2D eigenvalue weighted by Crippen LogP contribution is -2.19. The minimum Gasteiger partial charge on any atom is -0.481 e. The number of carbonyl (C=O) groups is 2. The number of rotatable bonds is 5. The van der Waals surface area contributed by atoms with Crippen LogP contribution in [0.1, 0.15) is 6.42 Å². The summed E-state index contributed by atoms with van der Waals surface area (Å²) in [7, 11) is -3.46. The summed E-state index contributed by atoms with van der Waals surface area (Å²) in [4.78, 5) is 22.6. The maximum Gasteiger partial charge on any atom is 0.307 e. The van der Waals surface area contributed by atoms with E-state index in [2.05, 4.69) is 10.0 Å². The van der Waals surface area contributed by atoms with E-state index < -0.39 is 33.7 Å². The second-order valence-corrected chi connectivity index (χ2v) is 6.44. The predicted molar refractivity (Wildman–Crippen MR) is 72.8 cm³/mol. The molecule has 20 heavy (non-hydrogen) atoms. The lowest BCUT2D eigenvalue weighted by molar-refractivity contribution is -0.139. The zero-order valence-corrected chi connectivity index (χ0v) is 11.5. The minimum atomic E-state index is -3.46. The van der Waals surface area contributed by atoms with Crippen molar-refractivity contribution >= 4 is 33.3 Å². The SMILES string of the molecule is CS(=O)(=O)Nc1ccccc1NC(=O)C1CC1C(=O)O. The van der Waals surface area contributed by atoms with Crippen molar-refractivity contribution in [3.8, 4) is 0 Å². The van der Waals surface area contributed by atoms with Gasteiger partial charge in [-0.05, 0) is 18.6 Å². The molecule has 1 saturated carbocycles. The lowest BCUT2D eigenvalue weighted by atomic mass is 10.2. The number of hydrogen-bond acceptors (Lipinski definition) is 4. The number of nitrogens with one attached hydrogen (secondary N) is 2. The van der Waals surface area contributed by atoms with Crippen molar-refractivity contribution in [2.24, 2.45) is 11.8 Å². The van der Waals surface area contributed by atoms with E-state index in [1.165, 1.54) is 6.07 Å². The molecule has 2 unspecified atom stereocenters. The van der Waals surface area contributed by atoms with Crippen LogP contribution in [0.3, 0.4) is 0 Å². The number of amides is 1. The summed E-state index contributed by atoms with van der Waals surface area (Å²) in [5, 5.41) is 11.3. The highest BCUT2D eigenvalue weighted by atomic mass is 32.2. The molecule has 3 N–H and O–H groups in total. The van der Waals surface area contributed by atoms with Gasteiger partial charge < -0.3 is 10.4 Å². The van der Waals surface area contributed by atoms with Gasteiger partial charge in [0.1, 0.15) is 0 Å².